The summed E-state index contributed by atoms with van der Waals surface area (Å²) in [6.07, 6.45) is 0. The molecule has 0 atom stereocenters. The van der Waals surface area contributed by atoms with Crippen molar-refractivity contribution in [3.05, 3.63) is 152 Å². The molecule has 8 aromatic rings. The smallest absolute Gasteiger partial charge is 0.146 e. The highest BCUT2D eigenvalue weighted by Gasteiger charge is 2.21. The molecule has 3 nitrogen and oxygen atoms in total. The van der Waals surface area contributed by atoms with Crippen molar-refractivity contribution < 1.29 is 0 Å². The molecule has 0 fully saturated rings. The number of fused-ring (bicyclic) bond motifs is 4. The lowest BCUT2D eigenvalue weighted by Gasteiger charge is -2.14. The van der Waals surface area contributed by atoms with E-state index in [2.05, 4.69) is 161 Å². The minimum atomic E-state index is 0.937. The van der Waals surface area contributed by atoms with Crippen LogP contribution in [0.25, 0.3) is 66.7 Å². The quantitative estimate of drug-likeness (QED) is 0.231. The third kappa shape index (κ3) is 3.41. The maximum Gasteiger partial charge on any atom is 0.146 e. The molecule has 0 N–H and O–H groups in total. The monoisotopic (exact) mass is 511 g/mol. The molecule has 0 aliphatic carbocycles. The van der Waals surface area contributed by atoms with Gasteiger partial charge in [-0.1, -0.05) is 103 Å². The Morgan fingerprint density at radius 2 is 0.925 bits per heavy atom. The van der Waals surface area contributed by atoms with Crippen LogP contribution in [0, 0.1) is 0 Å². The lowest BCUT2D eigenvalue weighted by Crippen LogP contribution is -1.98. The van der Waals surface area contributed by atoms with Crippen molar-refractivity contribution in [1.29, 1.82) is 0 Å². The summed E-state index contributed by atoms with van der Waals surface area (Å²) in [5.41, 5.74) is 10.2. The van der Waals surface area contributed by atoms with E-state index < -0.39 is 0 Å². The highest BCUT2D eigenvalue weighted by Crippen LogP contribution is 2.42. The van der Waals surface area contributed by atoms with Crippen LogP contribution < -0.4 is 0 Å². The second kappa shape index (κ2) is 9.11. The number of aromatic nitrogens is 3. The third-order valence-corrected chi connectivity index (χ3v) is 7.75. The number of rotatable bonds is 4. The van der Waals surface area contributed by atoms with Gasteiger partial charge >= 0.3 is 0 Å². The molecule has 188 valence electrons. The van der Waals surface area contributed by atoms with Gasteiger partial charge in [-0.3, -0.25) is 4.57 Å². The van der Waals surface area contributed by atoms with Crippen LogP contribution in [0.15, 0.2) is 152 Å². The molecule has 0 radical (unpaired) electrons. The number of hydrogen-bond donors (Lipinski definition) is 0. The Kier molecular flexibility index (Phi) is 5.14. The first-order chi connectivity index (χ1) is 19.9. The summed E-state index contributed by atoms with van der Waals surface area (Å²) in [5, 5.41) is 2.49. The van der Waals surface area contributed by atoms with E-state index in [1.165, 1.54) is 27.4 Å². The van der Waals surface area contributed by atoms with Gasteiger partial charge in [0.2, 0.25) is 0 Å². The maximum absolute atomic E-state index is 5.20. The standard InChI is InChI=1S/C37H25N3/c1-3-14-26(15-4-1)39-33-23-11-9-20-31(33)36-29(21-13-25-35(36)39)28-18-7-8-19-30(28)37-38-32-22-10-12-24-34(32)40(37)27-16-5-2-6-17-27/h1-25H. The number of para-hydroxylation sites is 5. The van der Waals surface area contributed by atoms with E-state index in [0.29, 0.717) is 0 Å². The van der Waals surface area contributed by atoms with Gasteiger partial charge in [0.25, 0.3) is 0 Å². The van der Waals surface area contributed by atoms with Crippen LogP contribution in [0.4, 0.5) is 0 Å². The molecule has 0 aliphatic heterocycles. The summed E-state index contributed by atoms with van der Waals surface area (Å²) < 4.78 is 4.65. The first kappa shape index (κ1) is 22.6. The van der Waals surface area contributed by atoms with Crippen molar-refractivity contribution >= 4 is 32.8 Å². The zero-order valence-corrected chi connectivity index (χ0v) is 21.8. The van der Waals surface area contributed by atoms with Gasteiger partial charge in [0, 0.05) is 27.7 Å². The number of nitrogens with zero attached hydrogens (tertiary/aromatic N) is 3. The lowest BCUT2D eigenvalue weighted by molar-refractivity contribution is 1.10. The SMILES string of the molecule is c1ccc(-n2c(-c3ccccc3-c3cccc4c3c3ccccc3n4-c3ccccc3)nc3ccccc32)cc1. The molecule has 0 spiro atoms. The van der Waals surface area contributed by atoms with Crippen LogP contribution in [0.2, 0.25) is 0 Å². The molecule has 0 bridgehead atoms. The first-order valence-corrected chi connectivity index (χ1v) is 13.6. The number of imidazole rings is 1. The Morgan fingerprint density at radius 1 is 0.375 bits per heavy atom. The summed E-state index contributed by atoms with van der Waals surface area (Å²) in [6, 6.07) is 53.5. The van der Waals surface area contributed by atoms with Gasteiger partial charge in [-0.05, 0) is 59.7 Å². The average molecular weight is 512 g/mol. The van der Waals surface area contributed by atoms with Crippen molar-refractivity contribution in [2.24, 2.45) is 0 Å². The molecule has 2 aromatic heterocycles. The zero-order chi connectivity index (χ0) is 26.5. The van der Waals surface area contributed by atoms with Crippen LogP contribution in [0.5, 0.6) is 0 Å². The Balaban J connectivity index is 1.45. The summed E-state index contributed by atoms with van der Waals surface area (Å²) in [4.78, 5) is 5.20. The Bertz CT molecular complexity index is 2150. The van der Waals surface area contributed by atoms with E-state index in [1.807, 2.05) is 0 Å². The topological polar surface area (TPSA) is 22.8 Å². The van der Waals surface area contributed by atoms with Crippen LogP contribution in [0.3, 0.4) is 0 Å². The highest BCUT2D eigenvalue weighted by molar-refractivity contribution is 6.16. The fourth-order valence-corrected chi connectivity index (χ4v) is 6.06. The molecular weight excluding hydrogens is 486 g/mol. The average Bonchev–Trinajstić information content (AvgIpc) is 3.58. The van der Waals surface area contributed by atoms with E-state index in [4.69, 9.17) is 4.98 Å². The number of hydrogen-bond acceptors (Lipinski definition) is 1. The Morgan fingerprint density at radius 3 is 1.70 bits per heavy atom. The molecule has 0 aliphatic rings. The molecule has 0 unspecified atom stereocenters. The van der Waals surface area contributed by atoms with Crippen molar-refractivity contribution in [3.8, 4) is 33.9 Å². The normalized spacial score (nSPS) is 11.5. The first-order valence-electron chi connectivity index (χ1n) is 13.6. The van der Waals surface area contributed by atoms with Crippen LogP contribution in [-0.2, 0) is 0 Å². The fourth-order valence-electron chi connectivity index (χ4n) is 6.06. The van der Waals surface area contributed by atoms with Crippen molar-refractivity contribution in [1.82, 2.24) is 14.1 Å². The largest absolute Gasteiger partial charge is 0.309 e. The molecule has 3 heteroatoms. The number of benzene rings is 6. The van der Waals surface area contributed by atoms with Crippen LogP contribution >= 0.6 is 0 Å². The molecule has 0 amide bonds. The molecular formula is C37H25N3. The van der Waals surface area contributed by atoms with E-state index >= 15 is 0 Å². The predicted octanol–water partition coefficient (Wildman–Crippen LogP) is 9.46. The van der Waals surface area contributed by atoms with E-state index in [-0.39, 0.29) is 0 Å². The van der Waals surface area contributed by atoms with Crippen molar-refractivity contribution in [2.75, 3.05) is 0 Å². The summed E-state index contributed by atoms with van der Waals surface area (Å²) in [7, 11) is 0. The van der Waals surface area contributed by atoms with Gasteiger partial charge in [0.15, 0.2) is 0 Å². The predicted molar refractivity (Wildman–Crippen MR) is 166 cm³/mol. The fraction of sp³-hybridized carbons (Fsp3) is 0. The van der Waals surface area contributed by atoms with Crippen LogP contribution in [-0.4, -0.2) is 14.1 Å². The van der Waals surface area contributed by atoms with Crippen LogP contribution in [0.1, 0.15) is 0 Å². The third-order valence-electron chi connectivity index (χ3n) is 7.75. The molecule has 40 heavy (non-hydrogen) atoms. The summed E-state index contributed by atoms with van der Waals surface area (Å²) in [6.45, 7) is 0. The van der Waals surface area contributed by atoms with Gasteiger partial charge in [-0.25, -0.2) is 4.98 Å². The Hall–Kier alpha value is -5.41. The Labute approximate surface area is 232 Å². The lowest BCUT2D eigenvalue weighted by atomic mass is 9.95. The van der Waals surface area contributed by atoms with Gasteiger partial charge in [0.1, 0.15) is 5.82 Å². The van der Waals surface area contributed by atoms with E-state index in [9.17, 15) is 0 Å². The second-order valence-electron chi connectivity index (χ2n) is 10.0. The second-order valence-corrected chi connectivity index (χ2v) is 10.0. The highest BCUT2D eigenvalue weighted by atomic mass is 15.1. The summed E-state index contributed by atoms with van der Waals surface area (Å²) in [5.74, 6) is 0.937. The molecule has 6 aromatic carbocycles. The molecule has 8 rings (SSSR count). The van der Waals surface area contributed by atoms with E-state index in [1.54, 1.807) is 0 Å². The van der Waals surface area contributed by atoms with E-state index in [0.717, 1.165) is 39.4 Å². The molecule has 0 saturated carbocycles. The molecule has 0 saturated heterocycles. The van der Waals surface area contributed by atoms with Gasteiger partial charge < -0.3 is 4.57 Å². The van der Waals surface area contributed by atoms with Gasteiger partial charge in [-0.2, -0.15) is 0 Å². The van der Waals surface area contributed by atoms with Crippen molar-refractivity contribution in [3.63, 3.8) is 0 Å². The van der Waals surface area contributed by atoms with Gasteiger partial charge in [-0.15, -0.1) is 0 Å². The zero-order valence-electron chi connectivity index (χ0n) is 21.8. The molecule has 2 heterocycles. The maximum atomic E-state index is 5.20. The van der Waals surface area contributed by atoms with Gasteiger partial charge in [0.05, 0.1) is 22.1 Å². The van der Waals surface area contributed by atoms with Crippen molar-refractivity contribution in [2.45, 2.75) is 0 Å². The summed E-state index contributed by atoms with van der Waals surface area (Å²) >= 11 is 0. The minimum Gasteiger partial charge on any atom is -0.309 e. The minimum absolute atomic E-state index is 0.937.